The lowest BCUT2D eigenvalue weighted by molar-refractivity contribution is 0.102. The lowest BCUT2D eigenvalue weighted by Crippen LogP contribution is -2.11. The van der Waals surface area contributed by atoms with Gasteiger partial charge in [-0.3, -0.25) is 9.89 Å². The van der Waals surface area contributed by atoms with Crippen LogP contribution in [0.5, 0.6) is 0 Å². The van der Waals surface area contributed by atoms with Crippen LogP contribution in [0, 0.1) is 0 Å². The van der Waals surface area contributed by atoms with Crippen LogP contribution in [-0.2, 0) is 12.2 Å². The Hall–Kier alpha value is -3.12. The van der Waals surface area contributed by atoms with Crippen LogP contribution in [0.15, 0.2) is 71.9 Å². The van der Waals surface area contributed by atoms with Gasteiger partial charge in [-0.25, -0.2) is 4.98 Å². The van der Waals surface area contributed by atoms with E-state index in [1.807, 2.05) is 73.7 Å². The van der Waals surface area contributed by atoms with E-state index in [0.717, 1.165) is 45.2 Å². The van der Waals surface area contributed by atoms with Gasteiger partial charge in [0.05, 0.1) is 0 Å². The second kappa shape index (κ2) is 8.27. The molecule has 2 N–H and O–H groups in total. The molecule has 0 fully saturated rings. The Morgan fingerprint density at radius 1 is 1.04 bits per heavy atom. The predicted molar refractivity (Wildman–Crippen MR) is 114 cm³/mol. The fourth-order valence-electron chi connectivity index (χ4n) is 2.87. The Balaban J connectivity index is 1.38. The van der Waals surface area contributed by atoms with E-state index in [-0.39, 0.29) is 5.91 Å². The highest BCUT2D eigenvalue weighted by atomic mass is 32.2. The molecule has 5 nitrogen and oxygen atoms in total. The van der Waals surface area contributed by atoms with Gasteiger partial charge in [0, 0.05) is 23.4 Å². The molecule has 0 unspecified atom stereocenters. The van der Waals surface area contributed by atoms with Gasteiger partial charge in [-0.2, -0.15) is 0 Å². The molecule has 0 aliphatic rings. The summed E-state index contributed by atoms with van der Waals surface area (Å²) >= 11 is 1.59. The Bertz CT molecular complexity index is 1100. The summed E-state index contributed by atoms with van der Waals surface area (Å²) in [5.41, 5.74) is 2.57. The number of nitrogens with one attached hydrogen (secondary N) is 2. The summed E-state index contributed by atoms with van der Waals surface area (Å²) < 4.78 is 0. The molecule has 1 aromatic heterocycles. The minimum Gasteiger partial charge on any atom is -0.322 e. The smallest absolute Gasteiger partial charge is 0.255 e. The van der Waals surface area contributed by atoms with Gasteiger partial charge >= 0.3 is 0 Å². The molecule has 140 valence electrons. The highest BCUT2D eigenvalue weighted by Gasteiger charge is 2.08. The van der Waals surface area contributed by atoms with Crippen molar-refractivity contribution in [1.82, 2.24) is 15.2 Å². The first kappa shape index (κ1) is 18.3. The predicted octanol–water partition coefficient (Wildman–Crippen LogP) is 5.06. The van der Waals surface area contributed by atoms with Gasteiger partial charge in [0.15, 0.2) is 0 Å². The van der Waals surface area contributed by atoms with E-state index in [9.17, 15) is 4.79 Å². The summed E-state index contributed by atoms with van der Waals surface area (Å²) in [5, 5.41) is 13.0. The molecule has 3 aromatic carbocycles. The topological polar surface area (TPSA) is 70.7 Å². The number of carbonyl (C=O) groups excluding carboxylic acids is 1. The summed E-state index contributed by atoms with van der Waals surface area (Å²) in [6.45, 7) is 2.04. The maximum Gasteiger partial charge on any atom is 0.255 e. The molecule has 0 bridgehead atoms. The SMILES string of the molecule is CCc1nc(SCc2ccc(NC(=O)c3ccc4ccccc4c3)cc2)n[nH]1. The molecular weight excluding hydrogens is 368 g/mol. The largest absolute Gasteiger partial charge is 0.322 e. The van der Waals surface area contributed by atoms with Crippen molar-refractivity contribution in [3.05, 3.63) is 83.7 Å². The molecule has 0 atom stereocenters. The molecule has 1 heterocycles. The summed E-state index contributed by atoms with van der Waals surface area (Å²) in [4.78, 5) is 16.9. The van der Waals surface area contributed by atoms with Crippen molar-refractivity contribution in [2.75, 3.05) is 5.32 Å². The molecule has 6 heteroatoms. The minimum atomic E-state index is -0.110. The van der Waals surface area contributed by atoms with Gasteiger partial charge in [0.25, 0.3) is 5.91 Å². The highest BCUT2D eigenvalue weighted by molar-refractivity contribution is 7.98. The van der Waals surface area contributed by atoms with Gasteiger partial charge in [-0.1, -0.05) is 61.2 Å². The van der Waals surface area contributed by atoms with Crippen LogP contribution in [0.4, 0.5) is 5.69 Å². The lowest BCUT2D eigenvalue weighted by atomic mass is 10.1. The number of H-pyrrole nitrogens is 1. The van der Waals surface area contributed by atoms with E-state index in [4.69, 9.17) is 0 Å². The zero-order valence-corrected chi connectivity index (χ0v) is 16.3. The van der Waals surface area contributed by atoms with Crippen LogP contribution >= 0.6 is 11.8 Å². The molecule has 1 amide bonds. The van der Waals surface area contributed by atoms with Crippen molar-refractivity contribution in [1.29, 1.82) is 0 Å². The molecule has 0 radical (unpaired) electrons. The van der Waals surface area contributed by atoms with Crippen LogP contribution in [0.3, 0.4) is 0 Å². The summed E-state index contributed by atoms with van der Waals surface area (Å²) in [5.74, 6) is 1.56. The first-order chi connectivity index (χ1) is 13.7. The fraction of sp³-hybridized carbons (Fsp3) is 0.136. The zero-order chi connectivity index (χ0) is 19.3. The quantitative estimate of drug-likeness (QED) is 0.453. The second-order valence-electron chi connectivity index (χ2n) is 6.42. The first-order valence-electron chi connectivity index (χ1n) is 9.14. The first-order valence-corrected chi connectivity index (χ1v) is 10.1. The number of aryl methyl sites for hydroxylation is 1. The highest BCUT2D eigenvalue weighted by Crippen LogP contribution is 2.21. The van der Waals surface area contributed by atoms with Crippen LogP contribution in [0.1, 0.15) is 28.7 Å². The van der Waals surface area contributed by atoms with Gasteiger partial charge in [-0.15, -0.1) is 5.10 Å². The van der Waals surface area contributed by atoms with E-state index < -0.39 is 0 Å². The molecule has 0 saturated carbocycles. The van der Waals surface area contributed by atoms with Crippen LogP contribution in [0.2, 0.25) is 0 Å². The van der Waals surface area contributed by atoms with E-state index in [0.29, 0.717) is 5.56 Å². The minimum absolute atomic E-state index is 0.110. The van der Waals surface area contributed by atoms with Crippen molar-refractivity contribution in [3.63, 3.8) is 0 Å². The maximum absolute atomic E-state index is 12.5. The third-order valence-corrected chi connectivity index (χ3v) is 5.36. The van der Waals surface area contributed by atoms with Crippen molar-refractivity contribution in [2.24, 2.45) is 0 Å². The number of aromatic nitrogens is 3. The normalized spacial score (nSPS) is 10.9. The number of fused-ring (bicyclic) bond motifs is 1. The molecule has 4 rings (SSSR count). The third-order valence-electron chi connectivity index (χ3n) is 4.44. The van der Waals surface area contributed by atoms with Crippen LogP contribution < -0.4 is 5.32 Å². The number of nitrogens with zero attached hydrogens (tertiary/aromatic N) is 2. The average Bonchev–Trinajstić information content (AvgIpc) is 3.21. The molecule has 4 aromatic rings. The molecule has 0 saturated heterocycles. The van der Waals surface area contributed by atoms with Crippen molar-refractivity contribution < 1.29 is 4.79 Å². The number of anilines is 1. The van der Waals surface area contributed by atoms with Crippen molar-refractivity contribution >= 4 is 34.1 Å². The number of hydrogen-bond donors (Lipinski definition) is 2. The second-order valence-corrected chi connectivity index (χ2v) is 7.36. The van der Waals surface area contributed by atoms with E-state index >= 15 is 0 Å². The van der Waals surface area contributed by atoms with Gasteiger partial charge in [0.1, 0.15) is 5.82 Å². The number of carbonyl (C=O) groups is 1. The Kier molecular flexibility index (Phi) is 5.39. The number of rotatable bonds is 6. The number of benzene rings is 3. The fourth-order valence-corrected chi connectivity index (χ4v) is 3.64. The van der Waals surface area contributed by atoms with Crippen molar-refractivity contribution in [3.8, 4) is 0 Å². The Morgan fingerprint density at radius 3 is 2.57 bits per heavy atom. The van der Waals surface area contributed by atoms with E-state index in [1.54, 1.807) is 11.8 Å². The molecule has 28 heavy (non-hydrogen) atoms. The molecule has 0 aliphatic carbocycles. The lowest BCUT2D eigenvalue weighted by Gasteiger charge is -2.07. The van der Waals surface area contributed by atoms with Gasteiger partial charge in [0.2, 0.25) is 5.16 Å². The van der Waals surface area contributed by atoms with Crippen LogP contribution in [-0.4, -0.2) is 21.1 Å². The number of aromatic amines is 1. The third kappa shape index (κ3) is 4.23. The Labute approximate surface area is 167 Å². The van der Waals surface area contributed by atoms with E-state index in [2.05, 4.69) is 20.5 Å². The average molecular weight is 388 g/mol. The molecular formula is C22H20N4OS. The monoisotopic (exact) mass is 388 g/mol. The number of amides is 1. The van der Waals surface area contributed by atoms with E-state index in [1.165, 1.54) is 0 Å². The molecule has 0 aliphatic heterocycles. The standard InChI is InChI=1S/C22H20N4OS/c1-2-20-24-22(26-25-20)28-14-15-7-11-19(12-8-15)23-21(27)18-10-9-16-5-3-4-6-17(16)13-18/h3-13H,2,14H2,1H3,(H,23,27)(H,24,25,26). The Morgan fingerprint density at radius 2 is 1.82 bits per heavy atom. The number of hydrogen-bond acceptors (Lipinski definition) is 4. The summed E-state index contributed by atoms with van der Waals surface area (Å²) in [6.07, 6.45) is 0.846. The van der Waals surface area contributed by atoms with Crippen LogP contribution in [0.25, 0.3) is 10.8 Å². The van der Waals surface area contributed by atoms with Crippen molar-refractivity contribution in [2.45, 2.75) is 24.3 Å². The summed E-state index contributed by atoms with van der Waals surface area (Å²) in [6, 6.07) is 21.6. The zero-order valence-electron chi connectivity index (χ0n) is 15.5. The maximum atomic E-state index is 12.5. The summed E-state index contributed by atoms with van der Waals surface area (Å²) in [7, 11) is 0. The molecule has 0 spiro atoms. The van der Waals surface area contributed by atoms with Gasteiger partial charge in [-0.05, 0) is 40.6 Å². The number of thioether (sulfide) groups is 1. The van der Waals surface area contributed by atoms with Gasteiger partial charge < -0.3 is 5.32 Å².